The Labute approximate surface area is 223 Å². The molecule has 3 aromatic rings. The van der Waals surface area contributed by atoms with Gasteiger partial charge in [0.1, 0.15) is 0 Å². The van der Waals surface area contributed by atoms with Crippen LogP contribution in [0.5, 0.6) is 0 Å². The Morgan fingerprint density at radius 2 is 0.564 bits per heavy atom. The average molecular weight is 529 g/mol. The topological polar surface area (TPSA) is 130 Å². The second-order valence-electron chi connectivity index (χ2n) is 8.88. The zero-order chi connectivity index (χ0) is 28.3. The minimum absolute atomic E-state index is 0.239. The first-order chi connectivity index (χ1) is 18.7. The summed E-state index contributed by atoms with van der Waals surface area (Å²) in [6, 6.07) is 17.3. The molecule has 0 aromatic heterocycles. The number of ketones is 3. The predicted molar refractivity (Wildman–Crippen MR) is 137 cm³/mol. The van der Waals surface area contributed by atoms with Crippen LogP contribution >= 0.6 is 0 Å². The molecule has 198 valence electrons. The second kappa shape index (κ2) is 11.2. The molecular formula is C30H24O9. The number of rotatable bonds is 9. The first kappa shape index (κ1) is 27.1. The average Bonchev–Trinajstić information content (AvgIpc) is 3.74. The Balaban J connectivity index is 1.64. The van der Waals surface area contributed by atoms with Gasteiger partial charge in [0, 0.05) is 34.4 Å². The van der Waals surface area contributed by atoms with Gasteiger partial charge in [0.15, 0.2) is 17.3 Å². The van der Waals surface area contributed by atoms with E-state index in [0.717, 1.165) is 0 Å². The minimum atomic E-state index is -0.936. The molecule has 0 amide bonds. The van der Waals surface area contributed by atoms with E-state index in [9.17, 15) is 28.8 Å². The first-order valence-electron chi connectivity index (χ1n) is 11.9. The highest BCUT2D eigenvalue weighted by Gasteiger charge is 2.62. The van der Waals surface area contributed by atoms with Gasteiger partial charge in [-0.2, -0.15) is 0 Å². The number of methoxy groups -OCH3 is 3. The standard InChI is InChI=1S/C30H24O9/c1-37-28(34)19-10-4-16(5-11-19)25(31)22-23(26(32)17-6-12-20(13-7-17)29(35)38-2)24(22)27(33)18-8-14-21(15-9-18)30(36)39-3/h4-15,22-24H,1-3H3. The molecule has 1 aliphatic carbocycles. The maximum Gasteiger partial charge on any atom is 0.337 e. The quantitative estimate of drug-likeness (QED) is 0.231. The lowest BCUT2D eigenvalue weighted by molar-refractivity contribution is 0.0592. The maximum atomic E-state index is 13.5. The van der Waals surface area contributed by atoms with E-state index in [-0.39, 0.29) is 33.4 Å². The van der Waals surface area contributed by atoms with Gasteiger partial charge >= 0.3 is 17.9 Å². The van der Waals surface area contributed by atoms with Gasteiger partial charge in [-0.15, -0.1) is 0 Å². The molecular weight excluding hydrogens is 504 g/mol. The molecule has 4 rings (SSSR count). The van der Waals surface area contributed by atoms with Crippen molar-refractivity contribution in [1.29, 1.82) is 0 Å². The predicted octanol–water partition coefficient (Wildman–Crippen LogP) is 3.86. The zero-order valence-electron chi connectivity index (χ0n) is 21.3. The molecule has 0 spiro atoms. The molecule has 0 unspecified atom stereocenters. The summed E-state index contributed by atoms with van der Waals surface area (Å²) >= 11 is 0. The summed E-state index contributed by atoms with van der Waals surface area (Å²) in [5.41, 5.74) is 1.47. The Bertz CT molecular complexity index is 1270. The monoisotopic (exact) mass is 528 g/mol. The van der Waals surface area contributed by atoms with Crippen molar-refractivity contribution in [2.45, 2.75) is 0 Å². The Hall–Kier alpha value is -4.92. The van der Waals surface area contributed by atoms with Gasteiger partial charge in [-0.3, -0.25) is 14.4 Å². The third-order valence-electron chi connectivity index (χ3n) is 6.70. The number of Topliss-reactive ketones (excluding diaryl/α,β-unsaturated/α-hetero) is 3. The van der Waals surface area contributed by atoms with Crippen LogP contribution in [0.1, 0.15) is 62.1 Å². The fourth-order valence-corrected chi connectivity index (χ4v) is 4.53. The molecule has 0 heterocycles. The van der Waals surface area contributed by atoms with Crippen LogP contribution in [0.15, 0.2) is 72.8 Å². The van der Waals surface area contributed by atoms with E-state index in [4.69, 9.17) is 0 Å². The molecule has 0 N–H and O–H groups in total. The van der Waals surface area contributed by atoms with Crippen molar-refractivity contribution in [1.82, 2.24) is 0 Å². The van der Waals surface area contributed by atoms with Crippen LogP contribution < -0.4 is 0 Å². The van der Waals surface area contributed by atoms with Crippen molar-refractivity contribution < 1.29 is 43.0 Å². The van der Waals surface area contributed by atoms with E-state index in [0.29, 0.717) is 0 Å². The largest absolute Gasteiger partial charge is 0.465 e. The summed E-state index contributed by atoms with van der Waals surface area (Å²) in [5, 5.41) is 0. The third kappa shape index (κ3) is 5.38. The van der Waals surface area contributed by atoms with Gasteiger partial charge < -0.3 is 14.2 Å². The lowest BCUT2D eigenvalue weighted by atomic mass is 10.00. The lowest BCUT2D eigenvalue weighted by Gasteiger charge is -2.04. The number of ether oxygens (including phenoxy) is 3. The first-order valence-corrected chi connectivity index (χ1v) is 11.9. The van der Waals surface area contributed by atoms with Crippen molar-refractivity contribution in [3.63, 3.8) is 0 Å². The van der Waals surface area contributed by atoms with Gasteiger partial charge in [-0.1, -0.05) is 36.4 Å². The van der Waals surface area contributed by atoms with Gasteiger partial charge in [0.05, 0.1) is 38.0 Å². The summed E-state index contributed by atoms with van der Waals surface area (Å²) in [4.78, 5) is 75.7. The molecule has 1 fully saturated rings. The van der Waals surface area contributed by atoms with Crippen LogP contribution in [-0.2, 0) is 14.2 Å². The molecule has 0 atom stereocenters. The lowest BCUT2D eigenvalue weighted by Crippen LogP contribution is -2.10. The number of carbonyl (C=O) groups excluding carboxylic acids is 6. The highest BCUT2D eigenvalue weighted by molar-refractivity contribution is 6.16. The third-order valence-corrected chi connectivity index (χ3v) is 6.70. The summed E-state index contributed by atoms with van der Waals surface area (Å²) < 4.78 is 14.0. The molecule has 0 radical (unpaired) electrons. The molecule has 3 aromatic carbocycles. The van der Waals surface area contributed by atoms with Crippen LogP contribution in [0.25, 0.3) is 0 Å². The van der Waals surface area contributed by atoms with Crippen LogP contribution in [0.2, 0.25) is 0 Å². The van der Waals surface area contributed by atoms with Crippen molar-refractivity contribution in [3.05, 3.63) is 106 Å². The van der Waals surface area contributed by atoms with Crippen molar-refractivity contribution in [3.8, 4) is 0 Å². The van der Waals surface area contributed by atoms with Crippen molar-refractivity contribution in [2.75, 3.05) is 21.3 Å². The summed E-state index contributed by atoms with van der Waals surface area (Å²) in [7, 11) is 3.73. The number of hydrogen-bond donors (Lipinski definition) is 0. The summed E-state index contributed by atoms with van der Waals surface area (Å²) in [6.07, 6.45) is 0. The summed E-state index contributed by atoms with van der Waals surface area (Å²) in [6.45, 7) is 0. The van der Waals surface area contributed by atoms with Crippen LogP contribution in [0.3, 0.4) is 0 Å². The summed E-state index contributed by atoms with van der Waals surface area (Å²) in [5.74, 6) is -5.74. The number of hydrogen-bond acceptors (Lipinski definition) is 9. The highest BCUT2D eigenvalue weighted by Crippen LogP contribution is 2.51. The smallest absolute Gasteiger partial charge is 0.337 e. The molecule has 0 aliphatic heterocycles. The zero-order valence-corrected chi connectivity index (χ0v) is 21.3. The van der Waals surface area contributed by atoms with Gasteiger partial charge in [0.25, 0.3) is 0 Å². The van der Waals surface area contributed by atoms with Gasteiger partial charge in [-0.25, -0.2) is 14.4 Å². The van der Waals surface area contributed by atoms with Gasteiger partial charge in [0.2, 0.25) is 0 Å². The Morgan fingerprint density at radius 1 is 0.385 bits per heavy atom. The SMILES string of the molecule is COC(=O)c1ccc(C(=O)C2C(C(=O)c3ccc(C(=O)OC)cc3)C2C(=O)c2ccc(C(=O)OC)cc2)cc1. The van der Waals surface area contributed by atoms with Crippen molar-refractivity contribution in [2.24, 2.45) is 17.8 Å². The van der Waals surface area contributed by atoms with E-state index in [1.165, 1.54) is 94.1 Å². The molecule has 0 saturated heterocycles. The Kier molecular flexibility index (Phi) is 7.80. The van der Waals surface area contributed by atoms with E-state index < -0.39 is 53.0 Å². The highest BCUT2D eigenvalue weighted by atomic mass is 16.5. The Morgan fingerprint density at radius 3 is 0.744 bits per heavy atom. The number of esters is 3. The molecule has 0 bridgehead atoms. The van der Waals surface area contributed by atoms with E-state index in [1.807, 2.05) is 0 Å². The fourth-order valence-electron chi connectivity index (χ4n) is 4.53. The minimum Gasteiger partial charge on any atom is -0.465 e. The van der Waals surface area contributed by atoms with E-state index in [1.54, 1.807) is 0 Å². The fraction of sp³-hybridized carbons (Fsp3) is 0.200. The number of benzene rings is 3. The number of carbonyl (C=O) groups is 6. The molecule has 39 heavy (non-hydrogen) atoms. The van der Waals surface area contributed by atoms with Crippen molar-refractivity contribution >= 4 is 35.3 Å². The normalized spacial score (nSPS) is 17.5. The van der Waals surface area contributed by atoms with Crippen LogP contribution in [0, 0.1) is 17.8 Å². The van der Waals surface area contributed by atoms with E-state index >= 15 is 0 Å². The second-order valence-corrected chi connectivity index (χ2v) is 8.88. The van der Waals surface area contributed by atoms with Crippen LogP contribution in [0.4, 0.5) is 0 Å². The molecule has 9 heteroatoms. The molecule has 9 nitrogen and oxygen atoms in total. The van der Waals surface area contributed by atoms with Crippen LogP contribution in [-0.4, -0.2) is 56.6 Å². The molecule has 1 saturated carbocycles. The van der Waals surface area contributed by atoms with E-state index in [2.05, 4.69) is 14.2 Å². The maximum absolute atomic E-state index is 13.5. The van der Waals surface area contributed by atoms with Gasteiger partial charge in [-0.05, 0) is 36.4 Å². The molecule has 1 aliphatic rings.